The Bertz CT molecular complexity index is 247. The van der Waals surface area contributed by atoms with Gasteiger partial charge in [-0.3, -0.25) is 9.00 Å². The van der Waals surface area contributed by atoms with Gasteiger partial charge in [-0.1, -0.05) is 39.0 Å². The summed E-state index contributed by atoms with van der Waals surface area (Å²) >= 11 is 0. The van der Waals surface area contributed by atoms with Gasteiger partial charge >= 0.3 is 0 Å². The Labute approximate surface area is 114 Å². The molecule has 18 heavy (non-hydrogen) atoms. The first kappa shape index (κ1) is 17.6. The average Bonchev–Trinajstić information content (AvgIpc) is 2.34. The van der Waals surface area contributed by atoms with Crippen LogP contribution in [0.25, 0.3) is 0 Å². The van der Waals surface area contributed by atoms with Crippen LogP contribution in [0.1, 0.15) is 51.9 Å². The highest BCUT2D eigenvalue weighted by Crippen LogP contribution is 2.04. The molecule has 0 aliphatic heterocycles. The lowest BCUT2D eigenvalue weighted by atomic mass is 10.1. The number of nitrogens with two attached hydrogens (primary N) is 1. The second kappa shape index (κ2) is 11.7. The number of carbonyl (C=O) groups excluding carboxylic acids is 1. The molecule has 4 nitrogen and oxygen atoms in total. The number of unbranched alkanes of at least 4 members (excludes halogenated alkanes) is 5. The van der Waals surface area contributed by atoms with Crippen LogP contribution in [-0.2, 0) is 15.6 Å². The van der Waals surface area contributed by atoms with Crippen LogP contribution in [0.2, 0.25) is 0 Å². The van der Waals surface area contributed by atoms with E-state index in [9.17, 15) is 9.00 Å². The minimum absolute atomic E-state index is 0.117. The molecular weight excluding hydrogens is 248 g/mol. The Hall–Kier alpha value is -0.420. The van der Waals surface area contributed by atoms with Gasteiger partial charge in [0, 0.05) is 29.4 Å². The van der Waals surface area contributed by atoms with E-state index in [1.165, 1.54) is 25.7 Å². The number of nitrogens with one attached hydrogen (secondary N) is 1. The van der Waals surface area contributed by atoms with E-state index in [0.717, 1.165) is 12.8 Å². The zero-order valence-corrected chi connectivity index (χ0v) is 12.6. The molecule has 0 aromatic carbocycles. The minimum atomic E-state index is -0.875. The molecule has 1 amide bonds. The van der Waals surface area contributed by atoms with Gasteiger partial charge in [-0.25, -0.2) is 0 Å². The Morgan fingerprint density at radius 1 is 1.22 bits per heavy atom. The third kappa shape index (κ3) is 10.7. The van der Waals surface area contributed by atoms with Crippen molar-refractivity contribution in [3.05, 3.63) is 0 Å². The van der Waals surface area contributed by atoms with Gasteiger partial charge in [0.25, 0.3) is 0 Å². The summed E-state index contributed by atoms with van der Waals surface area (Å²) in [6.07, 6.45) is 9.37. The normalized spacial score (nSPS) is 14.2. The first-order valence-corrected chi connectivity index (χ1v) is 8.64. The van der Waals surface area contributed by atoms with Gasteiger partial charge in [-0.15, -0.1) is 0 Å². The van der Waals surface area contributed by atoms with E-state index in [1.54, 1.807) is 6.26 Å². The van der Waals surface area contributed by atoms with Crippen LogP contribution in [0.15, 0.2) is 0 Å². The predicted octanol–water partition coefficient (Wildman–Crippen LogP) is 1.56. The molecule has 0 spiro atoms. The maximum atomic E-state index is 11.6. The summed E-state index contributed by atoms with van der Waals surface area (Å²) in [6.45, 7) is 2.90. The average molecular weight is 276 g/mol. The third-order valence-corrected chi connectivity index (χ3v) is 3.69. The second-order valence-electron chi connectivity index (χ2n) is 4.73. The number of rotatable bonds is 11. The maximum absolute atomic E-state index is 11.6. The highest BCUT2D eigenvalue weighted by atomic mass is 32.2. The van der Waals surface area contributed by atoms with Crippen LogP contribution in [-0.4, -0.2) is 34.7 Å². The van der Waals surface area contributed by atoms with Crippen LogP contribution in [0.4, 0.5) is 0 Å². The van der Waals surface area contributed by atoms with Crippen LogP contribution in [0.3, 0.4) is 0 Å². The van der Waals surface area contributed by atoms with E-state index < -0.39 is 16.8 Å². The van der Waals surface area contributed by atoms with E-state index in [0.29, 0.717) is 18.7 Å². The van der Waals surface area contributed by atoms with Crippen molar-refractivity contribution in [3.63, 3.8) is 0 Å². The Morgan fingerprint density at radius 2 is 1.83 bits per heavy atom. The highest BCUT2D eigenvalue weighted by molar-refractivity contribution is 7.84. The molecule has 0 saturated carbocycles. The quantitative estimate of drug-likeness (QED) is 0.563. The van der Waals surface area contributed by atoms with E-state index in [-0.39, 0.29) is 5.91 Å². The summed E-state index contributed by atoms with van der Waals surface area (Å²) in [5.41, 5.74) is 5.70. The Morgan fingerprint density at radius 3 is 2.44 bits per heavy atom. The van der Waals surface area contributed by atoms with E-state index in [4.69, 9.17) is 5.73 Å². The smallest absolute Gasteiger partial charge is 0.236 e. The SMILES string of the molecule is CCCCCCCCNC(=O)C(N)CC[S@@](C)=O. The van der Waals surface area contributed by atoms with Gasteiger partial charge in [-0.2, -0.15) is 0 Å². The van der Waals surface area contributed by atoms with Gasteiger partial charge in [-0.05, 0) is 12.8 Å². The van der Waals surface area contributed by atoms with Crippen LogP contribution in [0.5, 0.6) is 0 Å². The van der Waals surface area contributed by atoms with E-state index in [2.05, 4.69) is 12.2 Å². The molecule has 5 heteroatoms. The second-order valence-corrected chi connectivity index (χ2v) is 6.29. The van der Waals surface area contributed by atoms with Crippen LogP contribution < -0.4 is 11.1 Å². The van der Waals surface area contributed by atoms with Gasteiger partial charge in [0.1, 0.15) is 0 Å². The largest absolute Gasteiger partial charge is 0.355 e. The standard InChI is InChI=1S/C13H28N2O2S/c1-3-4-5-6-7-8-10-15-13(16)12(14)9-11-18(2)17/h12H,3-11,14H2,1-2H3,(H,15,16)/t12?,18-/m1/s1. The van der Waals surface area contributed by atoms with Crippen molar-refractivity contribution in [2.24, 2.45) is 5.73 Å². The van der Waals surface area contributed by atoms with Crippen molar-refractivity contribution in [3.8, 4) is 0 Å². The van der Waals surface area contributed by atoms with Gasteiger partial charge in [0.05, 0.1) is 6.04 Å². The first-order chi connectivity index (χ1) is 8.57. The van der Waals surface area contributed by atoms with Crippen molar-refractivity contribution < 1.29 is 9.00 Å². The molecule has 0 saturated heterocycles. The predicted molar refractivity (Wildman–Crippen MR) is 77.9 cm³/mol. The fraction of sp³-hybridized carbons (Fsp3) is 0.923. The van der Waals surface area contributed by atoms with Gasteiger partial charge < -0.3 is 11.1 Å². The molecule has 0 aromatic heterocycles. The minimum Gasteiger partial charge on any atom is -0.355 e. The molecule has 0 bridgehead atoms. The Balaban J connectivity index is 3.43. The number of hydrogen-bond donors (Lipinski definition) is 2. The van der Waals surface area contributed by atoms with E-state index in [1.807, 2.05) is 0 Å². The summed E-state index contributed by atoms with van der Waals surface area (Å²) in [4.78, 5) is 11.6. The number of amides is 1. The summed E-state index contributed by atoms with van der Waals surface area (Å²) < 4.78 is 10.9. The highest BCUT2D eigenvalue weighted by Gasteiger charge is 2.12. The van der Waals surface area contributed by atoms with E-state index >= 15 is 0 Å². The zero-order chi connectivity index (χ0) is 13.8. The Kier molecular flexibility index (Phi) is 11.4. The summed E-state index contributed by atoms with van der Waals surface area (Å²) in [5, 5.41) is 2.83. The molecule has 3 N–H and O–H groups in total. The van der Waals surface area contributed by atoms with Crippen LogP contribution in [0, 0.1) is 0 Å². The molecule has 0 aromatic rings. The molecule has 2 atom stereocenters. The van der Waals surface area contributed by atoms with Crippen molar-refractivity contribution >= 4 is 16.7 Å². The van der Waals surface area contributed by atoms with Crippen molar-refractivity contribution in [1.82, 2.24) is 5.32 Å². The molecule has 0 aliphatic carbocycles. The molecule has 0 radical (unpaired) electrons. The lowest BCUT2D eigenvalue weighted by molar-refractivity contribution is -0.122. The maximum Gasteiger partial charge on any atom is 0.236 e. The summed E-state index contributed by atoms with van der Waals surface area (Å²) in [5.74, 6) is 0.375. The third-order valence-electron chi connectivity index (χ3n) is 2.88. The zero-order valence-electron chi connectivity index (χ0n) is 11.7. The van der Waals surface area contributed by atoms with Crippen molar-refractivity contribution in [1.29, 1.82) is 0 Å². The van der Waals surface area contributed by atoms with Gasteiger partial charge in [0.15, 0.2) is 0 Å². The topological polar surface area (TPSA) is 72.2 Å². The molecule has 0 heterocycles. The monoisotopic (exact) mass is 276 g/mol. The fourth-order valence-electron chi connectivity index (χ4n) is 1.67. The van der Waals surface area contributed by atoms with Crippen LogP contribution >= 0.6 is 0 Å². The first-order valence-electron chi connectivity index (χ1n) is 6.91. The molecule has 0 aliphatic rings. The number of carbonyl (C=O) groups is 1. The fourth-order valence-corrected chi connectivity index (χ4v) is 2.26. The molecule has 0 fully saturated rings. The molecule has 108 valence electrons. The molecular formula is C13H28N2O2S. The lowest BCUT2D eigenvalue weighted by Crippen LogP contribution is -2.41. The van der Waals surface area contributed by atoms with Gasteiger partial charge in [0.2, 0.25) is 5.91 Å². The molecule has 0 rings (SSSR count). The summed E-state index contributed by atoms with van der Waals surface area (Å²) in [6, 6.07) is -0.519. The van der Waals surface area contributed by atoms with Crippen molar-refractivity contribution in [2.45, 2.75) is 57.9 Å². The summed E-state index contributed by atoms with van der Waals surface area (Å²) in [7, 11) is -0.875. The van der Waals surface area contributed by atoms with Crippen molar-refractivity contribution in [2.75, 3.05) is 18.6 Å². The number of hydrogen-bond acceptors (Lipinski definition) is 3. The lowest BCUT2D eigenvalue weighted by Gasteiger charge is -2.11. The molecule has 1 unspecified atom stereocenters.